The van der Waals surface area contributed by atoms with E-state index in [2.05, 4.69) is 4.74 Å². The Morgan fingerprint density at radius 3 is 2.79 bits per heavy atom. The van der Waals surface area contributed by atoms with Crippen LogP contribution in [0.3, 0.4) is 0 Å². The summed E-state index contributed by atoms with van der Waals surface area (Å²) in [5.74, 6) is -0.772. The highest BCUT2D eigenvalue weighted by Gasteiger charge is 2.34. The molecule has 2 rings (SSSR count). The first-order valence-corrected chi connectivity index (χ1v) is 6.56. The molecule has 1 saturated heterocycles. The zero-order chi connectivity index (χ0) is 14.0. The Kier molecular flexibility index (Phi) is 4.32. The molecule has 19 heavy (non-hydrogen) atoms. The summed E-state index contributed by atoms with van der Waals surface area (Å²) in [4.78, 5) is 24.9. The van der Waals surface area contributed by atoms with E-state index in [-0.39, 0.29) is 24.2 Å². The number of ether oxygens (including phenoxy) is 1. The van der Waals surface area contributed by atoms with Crippen LogP contribution in [0.2, 0.25) is 10.0 Å². The van der Waals surface area contributed by atoms with Gasteiger partial charge in [-0.3, -0.25) is 9.59 Å². The maximum Gasteiger partial charge on any atom is 0.310 e. The van der Waals surface area contributed by atoms with Gasteiger partial charge in [0.1, 0.15) is 0 Å². The van der Waals surface area contributed by atoms with Crippen LogP contribution in [-0.4, -0.2) is 30.4 Å². The lowest BCUT2D eigenvalue weighted by Gasteiger charge is -2.16. The number of benzene rings is 1. The first-order chi connectivity index (χ1) is 9.01. The van der Waals surface area contributed by atoms with Crippen molar-refractivity contribution in [1.82, 2.24) is 4.90 Å². The summed E-state index contributed by atoms with van der Waals surface area (Å²) >= 11 is 11.8. The Morgan fingerprint density at radius 1 is 1.42 bits per heavy atom. The lowest BCUT2D eigenvalue weighted by atomic mass is 10.1. The summed E-state index contributed by atoms with van der Waals surface area (Å²) < 4.78 is 4.66. The first kappa shape index (κ1) is 14.2. The van der Waals surface area contributed by atoms with Crippen molar-refractivity contribution in [2.75, 3.05) is 13.7 Å². The van der Waals surface area contributed by atoms with Crippen LogP contribution in [0.25, 0.3) is 0 Å². The average Bonchev–Trinajstić information content (AvgIpc) is 2.74. The highest BCUT2D eigenvalue weighted by Crippen LogP contribution is 2.25. The Balaban J connectivity index is 2.05. The topological polar surface area (TPSA) is 46.6 Å². The van der Waals surface area contributed by atoms with Crippen LogP contribution in [-0.2, 0) is 20.9 Å². The van der Waals surface area contributed by atoms with Crippen molar-refractivity contribution in [3.05, 3.63) is 33.8 Å². The smallest absolute Gasteiger partial charge is 0.310 e. The maximum atomic E-state index is 11.8. The van der Waals surface area contributed by atoms with Crippen molar-refractivity contribution < 1.29 is 14.3 Å². The number of nitrogens with zero attached hydrogens (tertiary/aromatic N) is 1. The highest BCUT2D eigenvalue weighted by molar-refractivity contribution is 6.42. The van der Waals surface area contributed by atoms with E-state index in [0.717, 1.165) is 5.56 Å². The fraction of sp³-hybridized carbons (Fsp3) is 0.385. The first-order valence-electron chi connectivity index (χ1n) is 5.80. The Morgan fingerprint density at radius 2 is 2.16 bits per heavy atom. The summed E-state index contributed by atoms with van der Waals surface area (Å²) in [6, 6.07) is 5.23. The van der Waals surface area contributed by atoms with Gasteiger partial charge in [0.05, 0.1) is 23.1 Å². The molecule has 0 N–H and O–H groups in total. The molecule has 1 atom stereocenters. The lowest BCUT2D eigenvalue weighted by molar-refractivity contribution is -0.145. The van der Waals surface area contributed by atoms with Crippen LogP contribution >= 0.6 is 23.2 Å². The summed E-state index contributed by atoms with van der Waals surface area (Å²) in [5, 5.41) is 0.931. The molecule has 0 aliphatic carbocycles. The minimum Gasteiger partial charge on any atom is -0.469 e. The molecule has 0 spiro atoms. The van der Waals surface area contributed by atoms with Gasteiger partial charge in [0.2, 0.25) is 5.91 Å². The number of carbonyl (C=O) groups excluding carboxylic acids is 2. The molecule has 1 aliphatic heterocycles. The molecule has 6 heteroatoms. The fourth-order valence-corrected chi connectivity index (χ4v) is 2.43. The molecule has 1 aliphatic rings. The van der Waals surface area contributed by atoms with Crippen molar-refractivity contribution in [3.8, 4) is 0 Å². The Bertz CT molecular complexity index is 519. The third kappa shape index (κ3) is 3.19. The molecule has 1 fully saturated rings. The number of halogens is 2. The maximum absolute atomic E-state index is 11.8. The largest absolute Gasteiger partial charge is 0.469 e. The zero-order valence-electron chi connectivity index (χ0n) is 10.4. The fourth-order valence-electron chi connectivity index (χ4n) is 2.11. The van der Waals surface area contributed by atoms with Gasteiger partial charge in [-0.25, -0.2) is 0 Å². The number of rotatable bonds is 3. The van der Waals surface area contributed by atoms with Crippen molar-refractivity contribution in [2.24, 2.45) is 5.92 Å². The minimum absolute atomic E-state index is 0.0542. The zero-order valence-corrected chi connectivity index (χ0v) is 11.9. The van der Waals surface area contributed by atoms with Crippen LogP contribution in [0, 0.1) is 5.92 Å². The lowest BCUT2D eigenvalue weighted by Crippen LogP contribution is -2.26. The van der Waals surface area contributed by atoms with E-state index in [4.69, 9.17) is 23.2 Å². The molecule has 1 aromatic rings. The van der Waals surface area contributed by atoms with Gasteiger partial charge in [-0.1, -0.05) is 29.3 Å². The molecule has 0 radical (unpaired) electrons. The SMILES string of the molecule is COC(=O)C1CC(=O)N(Cc2ccc(Cl)c(Cl)c2)C1. The van der Waals surface area contributed by atoms with Gasteiger partial charge in [0, 0.05) is 19.5 Å². The second kappa shape index (κ2) is 5.80. The molecular weight excluding hydrogens is 289 g/mol. The number of likely N-dealkylation sites (tertiary alicyclic amines) is 1. The summed E-state index contributed by atoms with van der Waals surface area (Å²) in [6.07, 6.45) is 0.202. The minimum atomic E-state index is -0.375. The molecule has 1 heterocycles. The van der Waals surface area contributed by atoms with Crippen LogP contribution in [0.15, 0.2) is 18.2 Å². The number of hydrogen-bond acceptors (Lipinski definition) is 3. The quantitative estimate of drug-likeness (QED) is 0.806. The molecule has 0 saturated carbocycles. The van der Waals surface area contributed by atoms with E-state index in [1.54, 1.807) is 17.0 Å². The van der Waals surface area contributed by atoms with Gasteiger partial charge in [0.25, 0.3) is 0 Å². The van der Waals surface area contributed by atoms with Gasteiger partial charge in [-0.15, -0.1) is 0 Å². The third-order valence-electron chi connectivity index (χ3n) is 3.11. The predicted octanol–water partition coefficient (Wildman–Crippen LogP) is 2.51. The number of methoxy groups -OCH3 is 1. The van der Waals surface area contributed by atoms with E-state index < -0.39 is 0 Å². The number of amides is 1. The van der Waals surface area contributed by atoms with Gasteiger partial charge in [-0.2, -0.15) is 0 Å². The van der Waals surface area contributed by atoms with Gasteiger partial charge < -0.3 is 9.64 Å². The number of carbonyl (C=O) groups is 2. The van der Waals surface area contributed by atoms with E-state index >= 15 is 0 Å². The Labute approximate surface area is 121 Å². The van der Waals surface area contributed by atoms with Crippen LogP contribution < -0.4 is 0 Å². The molecular formula is C13H13Cl2NO3. The predicted molar refractivity (Wildman–Crippen MR) is 72.0 cm³/mol. The third-order valence-corrected chi connectivity index (χ3v) is 3.85. The highest BCUT2D eigenvalue weighted by atomic mass is 35.5. The molecule has 4 nitrogen and oxygen atoms in total. The Hall–Kier alpha value is -1.26. The van der Waals surface area contributed by atoms with Crippen LogP contribution in [0.1, 0.15) is 12.0 Å². The summed E-state index contributed by atoms with van der Waals surface area (Å²) in [6.45, 7) is 0.801. The van der Waals surface area contributed by atoms with E-state index in [1.807, 2.05) is 6.07 Å². The van der Waals surface area contributed by atoms with E-state index in [0.29, 0.717) is 23.1 Å². The molecule has 1 amide bonds. The van der Waals surface area contributed by atoms with Gasteiger partial charge in [-0.05, 0) is 17.7 Å². The average molecular weight is 302 g/mol. The molecule has 102 valence electrons. The van der Waals surface area contributed by atoms with Crippen LogP contribution in [0.5, 0.6) is 0 Å². The molecule has 0 bridgehead atoms. The summed E-state index contributed by atoms with van der Waals surface area (Å²) in [5.41, 5.74) is 0.883. The second-order valence-corrected chi connectivity index (χ2v) is 5.26. The number of esters is 1. The molecule has 1 aromatic carbocycles. The van der Waals surface area contributed by atoms with Crippen molar-refractivity contribution in [2.45, 2.75) is 13.0 Å². The van der Waals surface area contributed by atoms with E-state index in [1.165, 1.54) is 7.11 Å². The standard InChI is InChI=1S/C13H13Cl2NO3/c1-19-13(18)9-5-12(17)16(7-9)6-8-2-3-10(14)11(15)4-8/h2-4,9H,5-7H2,1H3. The van der Waals surface area contributed by atoms with Crippen molar-refractivity contribution in [3.63, 3.8) is 0 Å². The second-order valence-electron chi connectivity index (χ2n) is 4.45. The van der Waals surface area contributed by atoms with Crippen molar-refractivity contribution >= 4 is 35.1 Å². The van der Waals surface area contributed by atoms with Gasteiger partial charge >= 0.3 is 5.97 Å². The van der Waals surface area contributed by atoms with Gasteiger partial charge in [0.15, 0.2) is 0 Å². The van der Waals surface area contributed by atoms with Crippen molar-refractivity contribution in [1.29, 1.82) is 0 Å². The molecule has 0 aromatic heterocycles. The monoisotopic (exact) mass is 301 g/mol. The normalized spacial score (nSPS) is 18.8. The molecule has 1 unspecified atom stereocenters. The van der Waals surface area contributed by atoms with E-state index in [9.17, 15) is 9.59 Å². The van der Waals surface area contributed by atoms with Crippen LogP contribution in [0.4, 0.5) is 0 Å². The number of hydrogen-bond donors (Lipinski definition) is 0. The summed E-state index contributed by atoms with van der Waals surface area (Å²) in [7, 11) is 1.33.